The molecule has 1 aromatic carbocycles. The molecule has 1 unspecified atom stereocenters. The third kappa shape index (κ3) is 1.86. The summed E-state index contributed by atoms with van der Waals surface area (Å²) in [4.78, 5) is 36.6. The van der Waals surface area contributed by atoms with E-state index < -0.39 is 23.8 Å². The number of amides is 2. The molecule has 0 radical (unpaired) electrons. The van der Waals surface area contributed by atoms with Crippen molar-refractivity contribution in [3.8, 4) is 0 Å². The highest BCUT2D eigenvalue weighted by molar-refractivity contribution is 6.22. The molecule has 9 heteroatoms. The summed E-state index contributed by atoms with van der Waals surface area (Å²) in [7, 11) is 0. The normalized spacial score (nSPS) is 15.2. The van der Waals surface area contributed by atoms with Crippen LogP contribution in [0.3, 0.4) is 0 Å². The predicted molar refractivity (Wildman–Crippen MR) is 66.5 cm³/mol. The van der Waals surface area contributed by atoms with Gasteiger partial charge in [-0.3, -0.25) is 14.5 Å². The second-order valence-electron chi connectivity index (χ2n) is 4.49. The summed E-state index contributed by atoms with van der Waals surface area (Å²) < 4.78 is 0. The van der Waals surface area contributed by atoms with Crippen molar-refractivity contribution >= 4 is 17.8 Å². The molecule has 0 fully saturated rings. The summed E-state index contributed by atoms with van der Waals surface area (Å²) in [6.45, 7) is 1.59. The first-order chi connectivity index (χ1) is 10.0. The summed E-state index contributed by atoms with van der Waals surface area (Å²) in [5.74, 6) is -2.05. The molecule has 106 valence electrons. The number of aromatic amines is 1. The average Bonchev–Trinajstić information content (AvgIpc) is 3.07. The van der Waals surface area contributed by atoms with Gasteiger partial charge in [0, 0.05) is 0 Å². The molecule has 2 heterocycles. The number of benzene rings is 1. The molecule has 1 aromatic heterocycles. The minimum absolute atomic E-state index is 0.0519. The summed E-state index contributed by atoms with van der Waals surface area (Å²) in [6, 6.07) is 3.11. The quantitative estimate of drug-likeness (QED) is 0.774. The standard InChI is InChI=1S/C12H9N5O4/c1-5(9-13-15-16-14-9)17-10(18)7-3-2-6(12(20)21)4-8(7)11(17)19/h2-5H,1H3,(H,20,21)(H,13,14,15,16). The van der Waals surface area contributed by atoms with Gasteiger partial charge in [-0.2, -0.15) is 5.21 Å². The number of carboxylic acids is 1. The Kier molecular flexibility index (Phi) is 2.75. The molecular weight excluding hydrogens is 278 g/mol. The Hall–Kier alpha value is -3.10. The lowest BCUT2D eigenvalue weighted by Gasteiger charge is -2.18. The summed E-state index contributed by atoms with van der Waals surface area (Å²) >= 11 is 0. The Balaban J connectivity index is 2.02. The number of imide groups is 1. The van der Waals surface area contributed by atoms with Gasteiger partial charge in [0.2, 0.25) is 0 Å². The van der Waals surface area contributed by atoms with Crippen LogP contribution in [0.5, 0.6) is 0 Å². The minimum atomic E-state index is -1.16. The molecule has 2 N–H and O–H groups in total. The van der Waals surface area contributed by atoms with E-state index in [9.17, 15) is 14.4 Å². The van der Waals surface area contributed by atoms with Gasteiger partial charge in [0.05, 0.1) is 16.7 Å². The molecule has 0 saturated carbocycles. The van der Waals surface area contributed by atoms with Crippen molar-refractivity contribution in [1.82, 2.24) is 25.5 Å². The van der Waals surface area contributed by atoms with Crippen molar-refractivity contribution in [3.05, 3.63) is 40.7 Å². The Morgan fingerprint density at radius 1 is 1.29 bits per heavy atom. The van der Waals surface area contributed by atoms with Gasteiger partial charge in [-0.1, -0.05) is 5.21 Å². The Bertz CT molecular complexity index is 755. The fraction of sp³-hybridized carbons (Fsp3) is 0.167. The Morgan fingerprint density at radius 2 is 2.00 bits per heavy atom. The first-order valence-electron chi connectivity index (χ1n) is 5.99. The zero-order valence-corrected chi connectivity index (χ0v) is 10.8. The molecule has 1 aliphatic heterocycles. The number of nitrogens with one attached hydrogen (secondary N) is 1. The number of tetrazole rings is 1. The second-order valence-corrected chi connectivity index (χ2v) is 4.49. The average molecular weight is 287 g/mol. The molecule has 2 amide bonds. The van der Waals surface area contributed by atoms with Crippen LogP contribution in [0.4, 0.5) is 0 Å². The van der Waals surface area contributed by atoms with E-state index in [0.717, 1.165) is 4.90 Å². The van der Waals surface area contributed by atoms with Gasteiger partial charge in [0.15, 0.2) is 5.82 Å². The van der Waals surface area contributed by atoms with E-state index in [4.69, 9.17) is 5.11 Å². The maximum atomic E-state index is 12.3. The number of hydrogen-bond acceptors (Lipinski definition) is 6. The number of carboxylic acid groups (broad SMARTS) is 1. The predicted octanol–water partition coefficient (Wildman–Crippen LogP) is 0.255. The molecule has 0 saturated heterocycles. The Morgan fingerprint density at radius 3 is 2.62 bits per heavy atom. The van der Waals surface area contributed by atoms with Crippen LogP contribution in [-0.2, 0) is 0 Å². The number of nitrogens with zero attached hydrogens (tertiary/aromatic N) is 4. The van der Waals surface area contributed by atoms with Gasteiger partial charge in [0.25, 0.3) is 11.8 Å². The second kappa shape index (κ2) is 4.47. The zero-order valence-electron chi connectivity index (χ0n) is 10.8. The van der Waals surface area contributed by atoms with Crippen LogP contribution >= 0.6 is 0 Å². The molecule has 21 heavy (non-hydrogen) atoms. The molecule has 2 aromatic rings. The number of rotatable bonds is 3. The summed E-state index contributed by atoms with van der Waals surface area (Å²) in [5, 5.41) is 22.1. The number of hydrogen-bond donors (Lipinski definition) is 2. The lowest BCUT2D eigenvalue weighted by Crippen LogP contribution is -2.33. The number of H-pyrrole nitrogens is 1. The molecule has 9 nitrogen and oxygen atoms in total. The van der Waals surface area contributed by atoms with E-state index >= 15 is 0 Å². The number of aromatic nitrogens is 4. The highest BCUT2D eigenvalue weighted by Crippen LogP contribution is 2.30. The fourth-order valence-corrected chi connectivity index (χ4v) is 2.21. The van der Waals surface area contributed by atoms with Crippen molar-refractivity contribution in [2.45, 2.75) is 13.0 Å². The third-order valence-electron chi connectivity index (χ3n) is 3.29. The minimum Gasteiger partial charge on any atom is -0.478 e. The summed E-state index contributed by atoms with van der Waals surface area (Å²) in [6.07, 6.45) is 0. The topological polar surface area (TPSA) is 129 Å². The van der Waals surface area contributed by atoms with Gasteiger partial charge < -0.3 is 5.11 Å². The van der Waals surface area contributed by atoms with Crippen LogP contribution in [0, 0.1) is 0 Å². The summed E-state index contributed by atoms with van der Waals surface area (Å²) in [5.41, 5.74) is 0.180. The molecule has 1 atom stereocenters. The lowest BCUT2D eigenvalue weighted by molar-refractivity contribution is 0.0588. The van der Waals surface area contributed by atoms with Crippen LogP contribution in [0.25, 0.3) is 0 Å². The zero-order chi connectivity index (χ0) is 15.1. The molecule has 0 spiro atoms. The highest BCUT2D eigenvalue weighted by Gasteiger charge is 2.40. The highest BCUT2D eigenvalue weighted by atomic mass is 16.4. The van der Waals surface area contributed by atoms with E-state index in [0.29, 0.717) is 0 Å². The molecule has 0 bridgehead atoms. The third-order valence-corrected chi connectivity index (χ3v) is 3.29. The lowest BCUT2D eigenvalue weighted by atomic mass is 10.1. The van der Waals surface area contributed by atoms with E-state index in [-0.39, 0.29) is 22.5 Å². The van der Waals surface area contributed by atoms with Crippen LogP contribution in [0.2, 0.25) is 0 Å². The van der Waals surface area contributed by atoms with E-state index in [1.807, 2.05) is 0 Å². The van der Waals surface area contributed by atoms with Crippen molar-refractivity contribution in [2.24, 2.45) is 0 Å². The fourth-order valence-electron chi connectivity index (χ4n) is 2.21. The van der Waals surface area contributed by atoms with Gasteiger partial charge >= 0.3 is 5.97 Å². The monoisotopic (exact) mass is 287 g/mol. The van der Waals surface area contributed by atoms with E-state index in [1.165, 1.54) is 18.2 Å². The van der Waals surface area contributed by atoms with Crippen LogP contribution in [0.1, 0.15) is 49.9 Å². The van der Waals surface area contributed by atoms with E-state index in [2.05, 4.69) is 20.6 Å². The SMILES string of the molecule is CC(c1nn[nH]n1)N1C(=O)c2ccc(C(=O)O)cc2C1=O. The molecule has 1 aliphatic rings. The Labute approximate surface area is 117 Å². The first-order valence-corrected chi connectivity index (χ1v) is 5.99. The van der Waals surface area contributed by atoms with Crippen molar-refractivity contribution in [3.63, 3.8) is 0 Å². The van der Waals surface area contributed by atoms with Crippen LogP contribution in [0.15, 0.2) is 18.2 Å². The number of aromatic carboxylic acids is 1. The molecule has 3 rings (SSSR count). The van der Waals surface area contributed by atoms with Gasteiger partial charge in [-0.05, 0) is 25.1 Å². The van der Waals surface area contributed by atoms with E-state index in [1.54, 1.807) is 6.92 Å². The van der Waals surface area contributed by atoms with Gasteiger partial charge in [0.1, 0.15) is 6.04 Å². The molecular formula is C12H9N5O4. The van der Waals surface area contributed by atoms with Crippen LogP contribution < -0.4 is 0 Å². The van der Waals surface area contributed by atoms with Crippen LogP contribution in [-0.4, -0.2) is 48.4 Å². The van der Waals surface area contributed by atoms with Crippen molar-refractivity contribution < 1.29 is 19.5 Å². The molecule has 0 aliphatic carbocycles. The first kappa shape index (κ1) is 12.9. The smallest absolute Gasteiger partial charge is 0.335 e. The number of carbonyl (C=O) groups excluding carboxylic acids is 2. The van der Waals surface area contributed by atoms with Gasteiger partial charge in [-0.15, -0.1) is 10.2 Å². The van der Waals surface area contributed by atoms with Gasteiger partial charge in [-0.25, -0.2) is 4.79 Å². The van der Waals surface area contributed by atoms with Crippen molar-refractivity contribution in [1.29, 1.82) is 0 Å². The largest absolute Gasteiger partial charge is 0.478 e. The maximum Gasteiger partial charge on any atom is 0.335 e. The maximum absolute atomic E-state index is 12.3. The number of carbonyl (C=O) groups is 3. The number of fused-ring (bicyclic) bond motifs is 1. The van der Waals surface area contributed by atoms with Crippen molar-refractivity contribution in [2.75, 3.05) is 0 Å².